The Morgan fingerprint density at radius 3 is 2.62 bits per heavy atom. The number of cyclic esters (lactones) is 1. The van der Waals surface area contributed by atoms with Crippen molar-refractivity contribution >= 4 is 29.2 Å². The zero-order chi connectivity index (χ0) is 27.5. The van der Waals surface area contributed by atoms with E-state index in [1.54, 1.807) is 38.2 Å². The Morgan fingerprint density at radius 1 is 1.30 bits per heavy atom. The lowest BCUT2D eigenvalue weighted by Crippen LogP contribution is -2.48. The van der Waals surface area contributed by atoms with Crippen LogP contribution in [0.25, 0.3) is 6.08 Å². The number of ether oxygens (including phenoxy) is 3. The Hall–Kier alpha value is -1.91. The fourth-order valence-corrected chi connectivity index (χ4v) is 5.39. The van der Waals surface area contributed by atoms with Crippen molar-refractivity contribution in [2.75, 3.05) is 6.61 Å². The number of thiazole rings is 1. The molecule has 0 unspecified atom stereocenters. The molecule has 0 radical (unpaired) electrons. The first-order chi connectivity index (χ1) is 17.3. The van der Waals surface area contributed by atoms with E-state index in [2.05, 4.69) is 11.6 Å². The summed E-state index contributed by atoms with van der Waals surface area (Å²) in [6, 6.07) is 0. The van der Waals surface area contributed by atoms with Crippen LogP contribution >= 0.6 is 11.3 Å². The third kappa shape index (κ3) is 7.15. The molecule has 2 aliphatic rings. The van der Waals surface area contributed by atoms with Crippen molar-refractivity contribution in [2.24, 2.45) is 11.3 Å². The summed E-state index contributed by atoms with van der Waals surface area (Å²) < 4.78 is 17.8. The molecule has 3 rings (SSSR count). The van der Waals surface area contributed by atoms with Crippen molar-refractivity contribution in [3.63, 3.8) is 0 Å². The van der Waals surface area contributed by atoms with Gasteiger partial charge in [-0.3, -0.25) is 9.59 Å². The van der Waals surface area contributed by atoms with Crippen LogP contribution in [0.2, 0.25) is 0 Å². The molecule has 2 N–H and O–H groups in total. The number of Topliss-reactive ketones (excluding diaryl/α,β-unsaturated/α-hetero) is 1. The van der Waals surface area contributed by atoms with E-state index in [0.29, 0.717) is 19.4 Å². The quantitative estimate of drug-likeness (QED) is 0.337. The molecule has 0 amide bonds. The number of carbonyl (C=O) groups excluding carboxylic acids is 2. The van der Waals surface area contributed by atoms with Gasteiger partial charge in [-0.25, -0.2) is 4.98 Å². The Labute approximate surface area is 223 Å². The predicted octanol–water partition coefficient (Wildman–Crippen LogP) is 4.02. The summed E-state index contributed by atoms with van der Waals surface area (Å²) in [5, 5.41) is 24.8. The van der Waals surface area contributed by atoms with E-state index in [1.807, 2.05) is 32.2 Å². The van der Waals surface area contributed by atoms with E-state index in [1.165, 1.54) is 0 Å². The molecule has 2 fully saturated rings. The maximum Gasteiger partial charge on any atom is 0.309 e. The summed E-state index contributed by atoms with van der Waals surface area (Å²) in [4.78, 5) is 31.0. The second-order valence-electron chi connectivity index (χ2n) is 11.1. The second kappa shape index (κ2) is 11.9. The molecule has 8 nitrogen and oxygen atoms in total. The van der Waals surface area contributed by atoms with E-state index in [9.17, 15) is 19.8 Å². The van der Waals surface area contributed by atoms with Crippen LogP contribution in [-0.2, 0) is 23.8 Å². The molecule has 7 atom stereocenters. The van der Waals surface area contributed by atoms with Crippen molar-refractivity contribution in [1.82, 2.24) is 4.98 Å². The molecule has 206 valence electrons. The van der Waals surface area contributed by atoms with Crippen molar-refractivity contribution in [3.05, 3.63) is 34.3 Å². The minimum absolute atomic E-state index is 0.140. The number of hydrogen-bond acceptors (Lipinski definition) is 9. The largest absolute Gasteiger partial charge is 0.458 e. The lowest BCUT2D eigenvalue weighted by Gasteiger charge is -2.35. The summed E-state index contributed by atoms with van der Waals surface area (Å²) in [5.74, 6) is -1.79. The summed E-state index contributed by atoms with van der Waals surface area (Å²) in [6.45, 7) is 14.8. The topological polar surface area (TPSA) is 118 Å². The van der Waals surface area contributed by atoms with Gasteiger partial charge in [-0.05, 0) is 45.8 Å². The highest BCUT2D eigenvalue weighted by atomic mass is 32.1. The number of epoxide rings is 1. The van der Waals surface area contributed by atoms with Crippen molar-refractivity contribution in [3.8, 4) is 0 Å². The van der Waals surface area contributed by atoms with Crippen LogP contribution in [-0.4, -0.2) is 69.7 Å². The molecule has 2 saturated heterocycles. The number of carbonyl (C=O) groups is 2. The van der Waals surface area contributed by atoms with Crippen LogP contribution in [0.5, 0.6) is 0 Å². The van der Waals surface area contributed by atoms with Gasteiger partial charge in [-0.15, -0.1) is 17.9 Å². The van der Waals surface area contributed by atoms with Gasteiger partial charge in [-0.2, -0.15) is 0 Å². The van der Waals surface area contributed by atoms with E-state index >= 15 is 0 Å². The number of aromatic nitrogens is 1. The number of ketones is 1. The van der Waals surface area contributed by atoms with Crippen LogP contribution in [0.4, 0.5) is 0 Å². The van der Waals surface area contributed by atoms with Gasteiger partial charge < -0.3 is 24.4 Å². The van der Waals surface area contributed by atoms with Crippen LogP contribution in [0.15, 0.2) is 23.6 Å². The molecule has 2 aliphatic heterocycles. The summed E-state index contributed by atoms with van der Waals surface area (Å²) in [5.41, 5.74) is -0.131. The zero-order valence-corrected chi connectivity index (χ0v) is 23.5. The minimum atomic E-state index is -1.30. The number of aryl methyl sites for hydroxylation is 1. The van der Waals surface area contributed by atoms with Gasteiger partial charge in [0.15, 0.2) is 0 Å². The number of fused-ring (bicyclic) bond motifs is 1. The van der Waals surface area contributed by atoms with Crippen LogP contribution in [0, 0.1) is 18.3 Å². The number of hydrogen-bond donors (Lipinski definition) is 2. The standard InChI is InChI=1S/C28H41NO7S/c1-8-9-20-25(32)17(3)34-11-10-28(7)23(36-28)13-21(16(2)12-19-15-37-18(4)29-19)35-24(31)14-22(30)27(5,6)26(20)33/h8,12,15,17,20-23,25,30,32H,1,9-11,13-14H2,2-7H3/t17-,20-,21+,22+,23+,25-,28-/m1/s1. The van der Waals surface area contributed by atoms with Crippen molar-refractivity contribution in [2.45, 2.75) is 103 Å². The van der Waals surface area contributed by atoms with Crippen LogP contribution < -0.4 is 0 Å². The first-order valence-electron chi connectivity index (χ1n) is 12.9. The highest BCUT2D eigenvalue weighted by Crippen LogP contribution is 2.43. The monoisotopic (exact) mass is 535 g/mol. The number of allylic oxidation sites excluding steroid dienone is 1. The normalized spacial score (nSPS) is 35.9. The molecule has 0 bridgehead atoms. The molecule has 37 heavy (non-hydrogen) atoms. The van der Waals surface area contributed by atoms with Gasteiger partial charge >= 0.3 is 5.97 Å². The highest BCUT2D eigenvalue weighted by Gasteiger charge is 2.53. The van der Waals surface area contributed by atoms with Gasteiger partial charge in [0.1, 0.15) is 11.9 Å². The predicted molar refractivity (Wildman–Crippen MR) is 142 cm³/mol. The van der Waals surface area contributed by atoms with Gasteiger partial charge in [-0.1, -0.05) is 19.9 Å². The van der Waals surface area contributed by atoms with Crippen molar-refractivity contribution in [1.29, 1.82) is 0 Å². The first kappa shape index (κ1) is 29.6. The number of aliphatic hydroxyl groups is 2. The van der Waals surface area contributed by atoms with Crippen molar-refractivity contribution < 1.29 is 34.0 Å². The average molecular weight is 536 g/mol. The fourth-order valence-electron chi connectivity index (χ4n) is 4.82. The molecular weight excluding hydrogens is 494 g/mol. The number of aliphatic hydroxyl groups excluding tert-OH is 2. The SMILES string of the molecule is C=CC[C@H]1C(=O)C(C)(C)[C@@H](O)CC(=O)O[C@H](C(C)=Cc2csc(C)n2)C[C@@H]2O[C@]2(C)CCO[C@H](C)[C@H]1O. The summed E-state index contributed by atoms with van der Waals surface area (Å²) in [7, 11) is 0. The van der Waals surface area contributed by atoms with Gasteiger partial charge in [0.05, 0.1) is 58.5 Å². The molecule has 3 heterocycles. The highest BCUT2D eigenvalue weighted by molar-refractivity contribution is 7.09. The maximum atomic E-state index is 13.5. The lowest BCUT2D eigenvalue weighted by atomic mass is 9.72. The average Bonchev–Trinajstić information content (AvgIpc) is 3.27. The third-order valence-electron chi connectivity index (χ3n) is 7.72. The Kier molecular flexibility index (Phi) is 9.51. The Balaban J connectivity index is 1.88. The van der Waals surface area contributed by atoms with Crippen LogP contribution in [0.3, 0.4) is 0 Å². The van der Waals surface area contributed by atoms with E-state index in [-0.39, 0.29) is 24.7 Å². The molecule has 1 aromatic rings. The summed E-state index contributed by atoms with van der Waals surface area (Å²) in [6.07, 6.45) is 0.658. The molecule has 0 aliphatic carbocycles. The number of esters is 1. The van der Waals surface area contributed by atoms with Gasteiger partial charge in [0.25, 0.3) is 0 Å². The molecule has 9 heteroatoms. The number of rotatable bonds is 4. The number of nitrogens with zero attached hydrogens (tertiary/aromatic N) is 1. The minimum Gasteiger partial charge on any atom is -0.458 e. The smallest absolute Gasteiger partial charge is 0.309 e. The fraction of sp³-hybridized carbons (Fsp3) is 0.679. The summed E-state index contributed by atoms with van der Waals surface area (Å²) >= 11 is 1.54. The second-order valence-corrected chi connectivity index (χ2v) is 12.1. The molecule has 1 aromatic heterocycles. The maximum absolute atomic E-state index is 13.5. The first-order valence-corrected chi connectivity index (χ1v) is 13.8. The molecule has 0 spiro atoms. The lowest BCUT2D eigenvalue weighted by molar-refractivity contribution is -0.155. The van der Waals surface area contributed by atoms with E-state index in [0.717, 1.165) is 16.3 Å². The Bertz CT molecular complexity index is 1020. The zero-order valence-electron chi connectivity index (χ0n) is 22.7. The van der Waals surface area contributed by atoms with Gasteiger partial charge in [0.2, 0.25) is 0 Å². The molecule has 0 aromatic carbocycles. The molecule has 0 saturated carbocycles. The van der Waals surface area contributed by atoms with Crippen LogP contribution in [0.1, 0.15) is 71.0 Å². The van der Waals surface area contributed by atoms with Gasteiger partial charge in [0, 0.05) is 24.8 Å². The molecular formula is C28H41NO7S. The Morgan fingerprint density at radius 2 is 2.00 bits per heavy atom. The third-order valence-corrected chi connectivity index (χ3v) is 8.51. The van der Waals surface area contributed by atoms with E-state index in [4.69, 9.17) is 14.2 Å². The van der Waals surface area contributed by atoms with E-state index < -0.39 is 47.3 Å².